The number of methoxy groups -OCH3 is 1. The van der Waals surface area contributed by atoms with E-state index in [0.717, 1.165) is 16.6 Å². The van der Waals surface area contributed by atoms with Gasteiger partial charge in [0.1, 0.15) is 5.75 Å². The average molecular weight is 631 g/mol. The summed E-state index contributed by atoms with van der Waals surface area (Å²) in [5.74, 6) is 1.71. The lowest BCUT2D eigenvalue weighted by atomic mass is 9.92. The highest BCUT2D eigenvalue weighted by Gasteiger charge is 2.50. The molecule has 3 aromatic carbocycles. The molecule has 5 heteroatoms. The van der Waals surface area contributed by atoms with Gasteiger partial charge in [0.2, 0.25) is 0 Å². The molecule has 0 radical (unpaired) electrons. The summed E-state index contributed by atoms with van der Waals surface area (Å²) < 4.78 is 20.1. The van der Waals surface area contributed by atoms with Crippen LogP contribution in [0.1, 0.15) is 46.6 Å². The van der Waals surface area contributed by atoms with Crippen LogP contribution in [0, 0.1) is 11.8 Å². The molecule has 0 fully saturated rings. The monoisotopic (exact) mass is 630 g/mol. The van der Waals surface area contributed by atoms with Gasteiger partial charge < -0.3 is 13.9 Å². The first-order chi connectivity index (χ1) is 17.7. The van der Waals surface area contributed by atoms with Crippen molar-refractivity contribution >= 4 is 41.3 Å². The first-order valence-electron chi connectivity index (χ1n) is 13.3. The predicted octanol–water partition coefficient (Wildman–Crippen LogP) is 7.25. The van der Waals surface area contributed by atoms with Gasteiger partial charge in [-0.25, -0.2) is 0 Å². The number of halogens is 1. The Balaban J connectivity index is 1.77. The van der Waals surface area contributed by atoms with Gasteiger partial charge in [0.25, 0.3) is 8.32 Å². The van der Waals surface area contributed by atoms with Crippen LogP contribution in [0.15, 0.2) is 84.9 Å². The Morgan fingerprint density at radius 3 is 1.78 bits per heavy atom. The third-order valence-electron chi connectivity index (χ3n) is 7.28. The second-order valence-corrected chi connectivity index (χ2v) is 16.2. The second kappa shape index (κ2) is 13.9. The van der Waals surface area contributed by atoms with E-state index >= 15 is 0 Å². The van der Waals surface area contributed by atoms with E-state index in [1.54, 1.807) is 7.11 Å². The minimum absolute atomic E-state index is 0.0152. The van der Waals surface area contributed by atoms with Crippen molar-refractivity contribution in [3.63, 3.8) is 0 Å². The summed E-state index contributed by atoms with van der Waals surface area (Å²) in [7, 11) is -0.826. The van der Waals surface area contributed by atoms with Gasteiger partial charge in [0.05, 0.1) is 19.8 Å². The maximum absolute atomic E-state index is 7.16. The average Bonchev–Trinajstić information content (AvgIpc) is 2.91. The molecule has 0 saturated heterocycles. The summed E-state index contributed by atoms with van der Waals surface area (Å²) in [4.78, 5) is 0. The lowest BCUT2D eigenvalue weighted by Gasteiger charge is -2.43. The molecule has 0 aliphatic carbocycles. The Morgan fingerprint density at radius 2 is 1.32 bits per heavy atom. The lowest BCUT2D eigenvalue weighted by Crippen LogP contribution is -2.66. The number of alkyl halides is 1. The Morgan fingerprint density at radius 1 is 0.784 bits per heavy atom. The molecule has 0 saturated carbocycles. The van der Waals surface area contributed by atoms with Crippen LogP contribution < -0.4 is 15.1 Å². The Labute approximate surface area is 239 Å². The molecule has 0 amide bonds. The van der Waals surface area contributed by atoms with Crippen LogP contribution in [0.25, 0.3) is 0 Å². The third-order valence-corrected chi connectivity index (χ3v) is 13.7. The topological polar surface area (TPSA) is 27.7 Å². The zero-order chi connectivity index (χ0) is 26.9. The van der Waals surface area contributed by atoms with Crippen molar-refractivity contribution in [3.05, 3.63) is 90.5 Å². The molecule has 3 atom stereocenters. The number of hydrogen-bond donors (Lipinski definition) is 0. The summed E-state index contributed by atoms with van der Waals surface area (Å²) in [6.45, 7) is 12.9. The largest absolute Gasteiger partial charge is 0.497 e. The molecular formula is C32H43IO3Si. The summed E-state index contributed by atoms with van der Waals surface area (Å²) in [6.07, 6.45) is 1.13. The highest BCUT2D eigenvalue weighted by molar-refractivity contribution is 14.1. The molecule has 0 aliphatic rings. The van der Waals surface area contributed by atoms with Crippen LogP contribution in [0.2, 0.25) is 5.04 Å². The van der Waals surface area contributed by atoms with Gasteiger partial charge in [-0.2, -0.15) is 0 Å². The molecule has 0 aliphatic heterocycles. The highest BCUT2D eigenvalue weighted by Crippen LogP contribution is 2.37. The summed E-state index contributed by atoms with van der Waals surface area (Å²) in [5, 5.41) is 2.64. The number of benzene rings is 3. The zero-order valence-corrected chi connectivity index (χ0v) is 26.4. The van der Waals surface area contributed by atoms with Crippen molar-refractivity contribution in [2.24, 2.45) is 11.8 Å². The number of rotatable bonds is 13. The normalized spacial score (nSPS) is 14.7. The Hall–Kier alpha value is -1.67. The fraction of sp³-hybridized carbons (Fsp3) is 0.438. The van der Waals surface area contributed by atoms with Crippen molar-refractivity contribution in [2.75, 3.05) is 18.1 Å². The van der Waals surface area contributed by atoms with Gasteiger partial charge in [-0.05, 0) is 51.4 Å². The maximum Gasteiger partial charge on any atom is 0.261 e. The van der Waals surface area contributed by atoms with Crippen molar-refractivity contribution in [3.8, 4) is 5.75 Å². The number of hydrogen-bond acceptors (Lipinski definition) is 3. The van der Waals surface area contributed by atoms with E-state index in [-0.39, 0.29) is 11.1 Å². The van der Waals surface area contributed by atoms with Crippen molar-refractivity contribution in [1.82, 2.24) is 0 Å². The van der Waals surface area contributed by atoms with Crippen molar-refractivity contribution < 1.29 is 13.9 Å². The minimum atomic E-state index is -2.52. The molecule has 0 bridgehead atoms. The Bertz CT molecular complexity index is 1010. The third kappa shape index (κ3) is 7.46. The summed E-state index contributed by atoms with van der Waals surface area (Å²) >= 11 is 2.48. The van der Waals surface area contributed by atoms with Gasteiger partial charge in [0.15, 0.2) is 0 Å². The summed E-state index contributed by atoms with van der Waals surface area (Å²) in [6, 6.07) is 29.9. The van der Waals surface area contributed by atoms with E-state index in [4.69, 9.17) is 13.9 Å². The van der Waals surface area contributed by atoms with Crippen molar-refractivity contribution in [1.29, 1.82) is 0 Å². The van der Waals surface area contributed by atoms with Crippen LogP contribution in [0.3, 0.4) is 0 Å². The fourth-order valence-electron chi connectivity index (χ4n) is 5.22. The quantitative estimate of drug-likeness (QED) is 0.113. The van der Waals surface area contributed by atoms with E-state index in [1.165, 1.54) is 15.9 Å². The molecule has 3 nitrogen and oxygen atoms in total. The first kappa shape index (κ1) is 29.9. The molecule has 3 rings (SSSR count). The SMILES string of the molecule is COc1ccc(CO[C@@H]([C@H](C)CI)[C@@H](C)CCO[Si](c2ccccc2)(c2ccccc2)C(C)(C)C)cc1. The van der Waals surface area contributed by atoms with Gasteiger partial charge in [-0.1, -0.05) is 130 Å². The smallest absolute Gasteiger partial charge is 0.261 e. The molecule has 200 valence electrons. The van der Waals surface area contributed by atoms with Gasteiger partial charge in [0, 0.05) is 11.0 Å². The van der Waals surface area contributed by atoms with Crippen LogP contribution in [-0.2, 0) is 15.8 Å². The lowest BCUT2D eigenvalue weighted by molar-refractivity contribution is -0.0266. The molecule has 0 unspecified atom stereocenters. The summed E-state index contributed by atoms with van der Waals surface area (Å²) in [5.41, 5.74) is 1.17. The van der Waals surface area contributed by atoms with Crippen LogP contribution >= 0.6 is 22.6 Å². The highest BCUT2D eigenvalue weighted by atomic mass is 127. The van der Waals surface area contributed by atoms with E-state index in [1.807, 2.05) is 12.1 Å². The van der Waals surface area contributed by atoms with E-state index in [0.29, 0.717) is 25.0 Å². The van der Waals surface area contributed by atoms with Crippen LogP contribution in [0.4, 0.5) is 0 Å². The second-order valence-electron chi connectivity index (χ2n) is 11.0. The van der Waals surface area contributed by atoms with E-state index in [2.05, 4.69) is 130 Å². The molecule has 0 aromatic heterocycles. The number of ether oxygens (including phenoxy) is 2. The molecule has 0 N–H and O–H groups in total. The molecule has 37 heavy (non-hydrogen) atoms. The maximum atomic E-state index is 7.16. The zero-order valence-electron chi connectivity index (χ0n) is 23.2. The molecule has 0 spiro atoms. The van der Waals surface area contributed by atoms with Gasteiger partial charge in [-0.15, -0.1) is 0 Å². The van der Waals surface area contributed by atoms with Crippen LogP contribution in [-0.4, -0.2) is 32.6 Å². The van der Waals surface area contributed by atoms with E-state index < -0.39 is 8.32 Å². The van der Waals surface area contributed by atoms with Crippen molar-refractivity contribution in [2.45, 2.75) is 58.8 Å². The first-order valence-corrected chi connectivity index (χ1v) is 16.7. The van der Waals surface area contributed by atoms with Gasteiger partial charge >= 0.3 is 0 Å². The Kier molecular flexibility index (Phi) is 11.2. The molecular weight excluding hydrogens is 587 g/mol. The molecule has 3 aromatic rings. The van der Waals surface area contributed by atoms with Crippen LogP contribution in [0.5, 0.6) is 5.75 Å². The predicted molar refractivity (Wildman–Crippen MR) is 167 cm³/mol. The standard InChI is InChI=1S/C32H43IO3Si/c1-25(31(26(2)23-33)35-24-27-17-19-28(34-6)20-18-27)21-22-36-37(32(3,4)5,29-13-9-7-10-14-29)30-15-11-8-12-16-30/h7-20,25-26,31H,21-24H2,1-6H3/t25-,26+,31+/m0/s1. The fourth-order valence-corrected chi connectivity index (χ4v) is 10.3. The van der Waals surface area contributed by atoms with E-state index in [9.17, 15) is 0 Å². The minimum Gasteiger partial charge on any atom is -0.497 e. The van der Waals surface area contributed by atoms with Gasteiger partial charge in [-0.3, -0.25) is 0 Å². The molecule has 0 heterocycles.